The second-order valence-electron chi connectivity index (χ2n) is 6.44. The number of hydrogen-bond acceptors (Lipinski definition) is 3. The summed E-state index contributed by atoms with van der Waals surface area (Å²) in [4.78, 5) is 11.7. The van der Waals surface area contributed by atoms with E-state index in [0.717, 1.165) is 27.4 Å². The highest BCUT2D eigenvalue weighted by Gasteiger charge is 2.20. The summed E-state index contributed by atoms with van der Waals surface area (Å²) in [6.45, 7) is 15.8. The Kier molecular flexibility index (Phi) is 6.55. The molecule has 0 fully saturated rings. The monoisotopic (exact) mass is 328 g/mol. The van der Waals surface area contributed by atoms with Crippen molar-refractivity contribution in [3.63, 3.8) is 0 Å². The third kappa shape index (κ3) is 3.95. The quantitative estimate of drug-likeness (QED) is 0.444. The summed E-state index contributed by atoms with van der Waals surface area (Å²) in [6, 6.07) is 3.95. The highest BCUT2D eigenvalue weighted by atomic mass is 16.5. The molecule has 4 heteroatoms. The van der Waals surface area contributed by atoms with Gasteiger partial charge in [0.25, 0.3) is 0 Å². The Balaban J connectivity index is 3.88. The van der Waals surface area contributed by atoms with Crippen LogP contribution in [0.1, 0.15) is 56.2 Å². The maximum absolute atomic E-state index is 11.7. The molecule has 0 aliphatic carbocycles. The molecule has 130 valence electrons. The molecule has 0 aromatic heterocycles. The Morgan fingerprint density at radius 1 is 1.12 bits per heavy atom. The first-order valence-electron chi connectivity index (χ1n) is 8.05. The molecule has 1 aromatic carbocycles. The lowest BCUT2D eigenvalue weighted by Gasteiger charge is -2.25. The summed E-state index contributed by atoms with van der Waals surface area (Å²) in [6.07, 6.45) is 3.07. The van der Waals surface area contributed by atoms with Gasteiger partial charge in [0.2, 0.25) is 5.91 Å². The lowest BCUT2D eigenvalue weighted by Crippen LogP contribution is -2.17. The van der Waals surface area contributed by atoms with E-state index < -0.39 is 5.91 Å². The molecule has 0 radical (unpaired) electrons. The van der Waals surface area contributed by atoms with Gasteiger partial charge in [0, 0.05) is 12.6 Å². The minimum Gasteiger partial charge on any atom is -0.366 e. The number of hydrogen-bond donors (Lipinski definition) is 2. The molecule has 0 saturated carbocycles. The van der Waals surface area contributed by atoms with Gasteiger partial charge in [0.1, 0.15) is 0 Å². The van der Waals surface area contributed by atoms with Crippen molar-refractivity contribution >= 4 is 17.2 Å². The third-order valence-electron chi connectivity index (χ3n) is 4.01. The van der Waals surface area contributed by atoms with Gasteiger partial charge in [0.15, 0.2) is 0 Å². The largest absolute Gasteiger partial charge is 0.366 e. The van der Waals surface area contributed by atoms with Gasteiger partial charge in [-0.3, -0.25) is 15.1 Å². The fourth-order valence-electron chi connectivity index (χ4n) is 2.82. The van der Waals surface area contributed by atoms with Crippen molar-refractivity contribution in [3.8, 4) is 0 Å². The SMILES string of the molecule is C=C/C(C(N)=O)=C(\C=C)c1cc(C(C)C)c(N(C)O)c(C(C)C)c1. The van der Waals surface area contributed by atoms with Crippen LogP contribution in [0.5, 0.6) is 0 Å². The maximum atomic E-state index is 11.7. The van der Waals surface area contributed by atoms with Crippen molar-refractivity contribution < 1.29 is 10.0 Å². The molecule has 0 aliphatic rings. The van der Waals surface area contributed by atoms with Crippen molar-refractivity contribution in [2.24, 2.45) is 5.73 Å². The van der Waals surface area contributed by atoms with E-state index in [1.807, 2.05) is 12.1 Å². The highest BCUT2D eigenvalue weighted by Crippen LogP contribution is 2.38. The number of nitrogens with two attached hydrogens (primary N) is 1. The predicted octanol–water partition coefficient (Wildman–Crippen LogP) is 4.37. The molecule has 3 N–H and O–H groups in total. The summed E-state index contributed by atoms with van der Waals surface area (Å²) in [7, 11) is 1.62. The number of anilines is 1. The van der Waals surface area contributed by atoms with E-state index >= 15 is 0 Å². The Morgan fingerprint density at radius 3 is 1.83 bits per heavy atom. The van der Waals surface area contributed by atoms with Crippen LogP contribution < -0.4 is 10.8 Å². The molecule has 0 aliphatic heterocycles. The molecule has 1 rings (SSSR count). The van der Waals surface area contributed by atoms with E-state index in [4.69, 9.17) is 5.73 Å². The summed E-state index contributed by atoms with van der Waals surface area (Å²) in [5.41, 5.74) is 10.1. The number of amides is 1. The zero-order valence-electron chi connectivity index (χ0n) is 15.3. The number of rotatable bonds is 7. The number of allylic oxidation sites excluding steroid dienone is 2. The van der Waals surface area contributed by atoms with Crippen LogP contribution in [0.3, 0.4) is 0 Å². The van der Waals surface area contributed by atoms with Gasteiger partial charge < -0.3 is 5.73 Å². The minimum absolute atomic E-state index is 0.193. The summed E-state index contributed by atoms with van der Waals surface area (Å²) < 4.78 is 0. The van der Waals surface area contributed by atoms with Gasteiger partial charge in [-0.15, -0.1) is 0 Å². The molecule has 24 heavy (non-hydrogen) atoms. The first kappa shape index (κ1) is 19.7. The van der Waals surface area contributed by atoms with E-state index in [0.29, 0.717) is 11.1 Å². The molecule has 1 aromatic rings. The van der Waals surface area contributed by atoms with Gasteiger partial charge in [0.05, 0.1) is 5.69 Å². The number of benzene rings is 1. The molecule has 0 heterocycles. The van der Waals surface area contributed by atoms with Crippen LogP contribution in [0.25, 0.3) is 5.57 Å². The summed E-state index contributed by atoms with van der Waals surface area (Å²) in [5, 5.41) is 11.3. The first-order valence-corrected chi connectivity index (χ1v) is 8.05. The molecule has 1 amide bonds. The second kappa shape index (κ2) is 7.97. The van der Waals surface area contributed by atoms with Crippen LogP contribution in [0.4, 0.5) is 5.69 Å². The zero-order valence-corrected chi connectivity index (χ0v) is 15.3. The first-order chi connectivity index (χ1) is 11.1. The van der Waals surface area contributed by atoms with Gasteiger partial charge in [-0.25, -0.2) is 0 Å². The van der Waals surface area contributed by atoms with E-state index in [2.05, 4.69) is 40.9 Å². The normalized spacial score (nSPS) is 12.2. The number of primary amides is 1. The zero-order chi connectivity index (χ0) is 18.6. The van der Waals surface area contributed by atoms with Crippen LogP contribution in [0, 0.1) is 0 Å². The Bertz CT molecular complexity index is 654. The number of carbonyl (C=O) groups excluding carboxylic acids is 1. The topological polar surface area (TPSA) is 66.6 Å². The second-order valence-corrected chi connectivity index (χ2v) is 6.44. The molecule has 0 spiro atoms. The van der Waals surface area contributed by atoms with E-state index in [9.17, 15) is 10.0 Å². The molecule has 0 saturated heterocycles. The molecule has 0 bridgehead atoms. The van der Waals surface area contributed by atoms with E-state index in [1.165, 1.54) is 6.08 Å². The fraction of sp³-hybridized carbons (Fsp3) is 0.350. The number of carbonyl (C=O) groups is 1. The minimum atomic E-state index is -0.541. The lowest BCUT2D eigenvalue weighted by atomic mass is 9.87. The number of hydroxylamine groups is 1. The molecular formula is C20H28N2O2. The van der Waals surface area contributed by atoms with Crippen molar-refractivity contribution in [2.75, 3.05) is 12.1 Å². The fourth-order valence-corrected chi connectivity index (χ4v) is 2.82. The summed E-state index contributed by atoms with van der Waals surface area (Å²) >= 11 is 0. The molecule has 0 atom stereocenters. The van der Waals surface area contributed by atoms with E-state index in [-0.39, 0.29) is 11.8 Å². The molecular weight excluding hydrogens is 300 g/mol. The Labute approximate surface area is 144 Å². The van der Waals surface area contributed by atoms with Gasteiger partial charge >= 0.3 is 0 Å². The molecule has 4 nitrogen and oxygen atoms in total. The maximum Gasteiger partial charge on any atom is 0.249 e. The van der Waals surface area contributed by atoms with E-state index in [1.54, 1.807) is 13.1 Å². The number of nitrogens with zero attached hydrogens (tertiary/aromatic N) is 1. The van der Waals surface area contributed by atoms with Crippen LogP contribution in [0.15, 0.2) is 43.0 Å². The van der Waals surface area contributed by atoms with Crippen molar-refractivity contribution in [1.82, 2.24) is 0 Å². The van der Waals surface area contributed by atoms with Gasteiger partial charge in [-0.1, -0.05) is 53.0 Å². The Morgan fingerprint density at radius 2 is 1.58 bits per heavy atom. The third-order valence-corrected chi connectivity index (χ3v) is 4.01. The Hall–Kier alpha value is -2.33. The average Bonchev–Trinajstić information content (AvgIpc) is 2.50. The summed E-state index contributed by atoms with van der Waals surface area (Å²) in [5.74, 6) is -0.154. The lowest BCUT2D eigenvalue weighted by molar-refractivity contribution is -0.114. The average molecular weight is 328 g/mol. The van der Waals surface area contributed by atoms with Crippen molar-refractivity contribution in [3.05, 3.63) is 59.7 Å². The predicted molar refractivity (Wildman–Crippen MR) is 101 cm³/mol. The smallest absolute Gasteiger partial charge is 0.249 e. The van der Waals surface area contributed by atoms with Crippen LogP contribution in [-0.2, 0) is 4.79 Å². The van der Waals surface area contributed by atoms with Crippen molar-refractivity contribution in [1.29, 1.82) is 0 Å². The van der Waals surface area contributed by atoms with Gasteiger partial charge in [-0.05, 0) is 46.2 Å². The standard InChI is InChI=1S/C20H28N2O2/c1-8-15(16(9-2)20(21)23)14-10-17(12(3)4)19(22(7)24)18(11-14)13(5)6/h8-13,24H,1-2H2,3-7H3,(H2,21,23)/b16-15-. The van der Waals surface area contributed by atoms with Crippen LogP contribution in [0.2, 0.25) is 0 Å². The molecule has 0 unspecified atom stereocenters. The van der Waals surface area contributed by atoms with Gasteiger partial charge in [-0.2, -0.15) is 0 Å². The highest BCUT2D eigenvalue weighted by molar-refractivity contribution is 6.04. The van der Waals surface area contributed by atoms with Crippen LogP contribution in [-0.4, -0.2) is 18.2 Å². The van der Waals surface area contributed by atoms with Crippen LogP contribution >= 0.6 is 0 Å². The van der Waals surface area contributed by atoms with Crippen molar-refractivity contribution in [2.45, 2.75) is 39.5 Å².